The Morgan fingerprint density at radius 2 is 2.19 bits per heavy atom. The van der Waals surface area contributed by atoms with Crippen molar-refractivity contribution in [3.05, 3.63) is 35.2 Å². The van der Waals surface area contributed by atoms with E-state index in [1.54, 1.807) is 18.2 Å². The van der Waals surface area contributed by atoms with Crippen molar-refractivity contribution >= 4 is 21.6 Å². The van der Waals surface area contributed by atoms with Crippen LogP contribution in [-0.4, -0.2) is 15.5 Å². The number of aliphatic hydroxyl groups is 1. The van der Waals surface area contributed by atoms with Crippen LogP contribution in [0.2, 0.25) is 0 Å². The molecule has 1 N–H and O–H groups in total. The largest absolute Gasteiger partial charge is 0.486 e. The van der Waals surface area contributed by atoms with Gasteiger partial charge in [-0.05, 0) is 26.0 Å². The molecule has 2 rings (SSSR count). The summed E-state index contributed by atoms with van der Waals surface area (Å²) in [7, 11) is 0. The highest BCUT2D eigenvalue weighted by Gasteiger charge is 2.41. The zero-order chi connectivity index (χ0) is 11.9. The second kappa shape index (κ2) is 3.76. The second-order valence-corrected chi connectivity index (χ2v) is 5.37. The average Bonchev–Trinajstić information content (AvgIpc) is 2.25. The molecule has 0 aliphatic carbocycles. The van der Waals surface area contributed by atoms with Gasteiger partial charge in [0.05, 0.1) is 17.5 Å². The zero-order valence-corrected chi connectivity index (χ0v) is 10.7. The lowest BCUT2D eigenvalue weighted by molar-refractivity contribution is 0.0226. The van der Waals surface area contributed by atoms with Crippen LogP contribution >= 0.6 is 15.9 Å². The molecule has 3 nitrogen and oxygen atoms in total. The fourth-order valence-corrected chi connectivity index (χ4v) is 2.19. The first kappa shape index (κ1) is 11.4. The highest BCUT2D eigenvalue weighted by Crippen LogP contribution is 2.44. The summed E-state index contributed by atoms with van der Waals surface area (Å²) in [6.45, 7) is 10.8. The SMILES string of the molecule is [C-]#[N+]c1ccc2c(c1)C(O)C(Br)C(C)(C)O2. The van der Waals surface area contributed by atoms with Crippen LogP contribution in [0.15, 0.2) is 18.2 Å². The van der Waals surface area contributed by atoms with Gasteiger partial charge in [-0.3, -0.25) is 0 Å². The van der Waals surface area contributed by atoms with Gasteiger partial charge in [-0.2, -0.15) is 0 Å². The number of benzene rings is 1. The molecule has 16 heavy (non-hydrogen) atoms. The van der Waals surface area contributed by atoms with Crippen molar-refractivity contribution in [2.24, 2.45) is 0 Å². The van der Waals surface area contributed by atoms with E-state index in [0.717, 1.165) is 0 Å². The molecule has 0 bridgehead atoms. The Balaban J connectivity index is 2.52. The summed E-state index contributed by atoms with van der Waals surface area (Å²) in [6, 6.07) is 5.12. The Hall–Kier alpha value is -1.05. The Morgan fingerprint density at radius 3 is 2.81 bits per heavy atom. The molecule has 4 heteroatoms. The molecule has 84 valence electrons. The molecular formula is C12H12BrNO2. The number of nitrogens with zero attached hydrogens (tertiary/aromatic N) is 1. The second-order valence-electron chi connectivity index (χ2n) is 4.39. The summed E-state index contributed by atoms with van der Waals surface area (Å²) < 4.78 is 5.79. The standard InChI is InChI=1S/C12H12BrNO2/c1-12(2)11(13)10(15)8-6-7(14-3)4-5-9(8)16-12/h4-6,10-11,15H,1-2H3. The Labute approximate surface area is 103 Å². The van der Waals surface area contributed by atoms with E-state index in [0.29, 0.717) is 17.0 Å². The molecule has 0 amide bonds. The fourth-order valence-electron chi connectivity index (χ4n) is 1.81. The van der Waals surface area contributed by atoms with Crippen LogP contribution in [0.4, 0.5) is 5.69 Å². The van der Waals surface area contributed by atoms with Crippen molar-refractivity contribution in [2.75, 3.05) is 0 Å². The topological polar surface area (TPSA) is 33.8 Å². The zero-order valence-electron chi connectivity index (χ0n) is 9.07. The van der Waals surface area contributed by atoms with Crippen molar-refractivity contribution in [1.29, 1.82) is 0 Å². The van der Waals surface area contributed by atoms with Gasteiger partial charge in [0.25, 0.3) is 0 Å². The van der Waals surface area contributed by atoms with Gasteiger partial charge in [-0.1, -0.05) is 22.0 Å². The summed E-state index contributed by atoms with van der Waals surface area (Å²) in [6.07, 6.45) is -0.652. The van der Waals surface area contributed by atoms with E-state index in [2.05, 4.69) is 20.8 Å². The number of rotatable bonds is 0. The van der Waals surface area contributed by atoms with Gasteiger partial charge in [-0.15, -0.1) is 0 Å². The molecule has 0 saturated heterocycles. The molecule has 0 saturated carbocycles. The number of hydrogen-bond acceptors (Lipinski definition) is 2. The molecule has 2 atom stereocenters. The first-order chi connectivity index (χ1) is 7.45. The fraction of sp³-hybridized carbons (Fsp3) is 0.417. The predicted octanol–water partition coefficient (Wildman–Crippen LogP) is 3.21. The highest BCUT2D eigenvalue weighted by molar-refractivity contribution is 9.09. The van der Waals surface area contributed by atoms with Gasteiger partial charge in [0.1, 0.15) is 11.4 Å². The lowest BCUT2D eigenvalue weighted by Gasteiger charge is -2.40. The van der Waals surface area contributed by atoms with Gasteiger partial charge < -0.3 is 9.84 Å². The number of aliphatic hydroxyl groups excluding tert-OH is 1. The Morgan fingerprint density at radius 1 is 1.50 bits per heavy atom. The molecule has 0 spiro atoms. The first-order valence-electron chi connectivity index (χ1n) is 4.98. The number of ether oxygens (including phenoxy) is 1. The molecule has 1 aliphatic rings. The summed E-state index contributed by atoms with van der Waals surface area (Å²) in [4.78, 5) is 3.16. The number of halogens is 1. The molecule has 1 aliphatic heterocycles. The van der Waals surface area contributed by atoms with E-state index in [1.807, 2.05) is 13.8 Å². The van der Waals surface area contributed by atoms with Gasteiger partial charge in [0, 0.05) is 5.56 Å². The molecule has 0 aromatic heterocycles. The molecular weight excluding hydrogens is 270 g/mol. The summed E-state index contributed by atoms with van der Waals surface area (Å²) >= 11 is 3.44. The highest BCUT2D eigenvalue weighted by atomic mass is 79.9. The van der Waals surface area contributed by atoms with Crippen LogP contribution in [0.1, 0.15) is 25.5 Å². The average molecular weight is 282 g/mol. The third-order valence-electron chi connectivity index (χ3n) is 2.76. The monoisotopic (exact) mass is 281 g/mol. The Bertz CT molecular complexity index is 465. The van der Waals surface area contributed by atoms with Crippen LogP contribution in [0.3, 0.4) is 0 Å². The van der Waals surface area contributed by atoms with Crippen LogP contribution < -0.4 is 4.74 Å². The van der Waals surface area contributed by atoms with Gasteiger partial charge >= 0.3 is 0 Å². The number of alkyl halides is 1. The van der Waals surface area contributed by atoms with Crippen LogP contribution in [0.5, 0.6) is 5.75 Å². The maximum atomic E-state index is 10.2. The third-order valence-corrected chi connectivity index (χ3v) is 4.36. The van der Waals surface area contributed by atoms with Crippen molar-refractivity contribution in [2.45, 2.75) is 30.4 Å². The van der Waals surface area contributed by atoms with Crippen LogP contribution in [0.25, 0.3) is 4.85 Å². The van der Waals surface area contributed by atoms with E-state index in [4.69, 9.17) is 11.3 Å². The van der Waals surface area contributed by atoms with Crippen molar-refractivity contribution in [3.63, 3.8) is 0 Å². The third kappa shape index (κ3) is 1.70. The number of fused-ring (bicyclic) bond motifs is 1. The number of hydrogen-bond donors (Lipinski definition) is 1. The van der Waals surface area contributed by atoms with E-state index in [1.165, 1.54) is 0 Å². The smallest absolute Gasteiger partial charge is 0.187 e. The summed E-state index contributed by atoms with van der Waals surface area (Å²) in [5.41, 5.74) is 0.724. The molecule has 0 fully saturated rings. The van der Waals surface area contributed by atoms with Crippen LogP contribution in [-0.2, 0) is 0 Å². The van der Waals surface area contributed by atoms with Gasteiger partial charge in [-0.25, -0.2) is 4.85 Å². The summed E-state index contributed by atoms with van der Waals surface area (Å²) in [5, 5.41) is 10.2. The van der Waals surface area contributed by atoms with Crippen molar-refractivity contribution < 1.29 is 9.84 Å². The van der Waals surface area contributed by atoms with E-state index in [-0.39, 0.29) is 4.83 Å². The van der Waals surface area contributed by atoms with E-state index in [9.17, 15) is 5.11 Å². The van der Waals surface area contributed by atoms with E-state index < -0.39 is 11.7 Å². The first-order valence-corrected chi connectivity index (χ1v) is 5.90. The van der Waals surface area contributed by atoms with Crippen LogP contribution in [0, 0.1) is 6.57 Å². The van der Waals surface area contributed by atoms with Crippen molar-refractivity contribution in [1.82, 2.24) is 0 Å². The Kier molecular flexibility index (Phi) is 2.69. The van der Waals surface area contributed by atoms with E-state index >= 15 is 0 Å². The van der Waals surface area contributed by atoms with Gasteiger partial charge in [0.2, 0.25) is 0 Å². The minimum absolute atomic E-state index is 0.187. The minimum atomic E-state index is -0.652. The lowest BCUT2D eigenvalue weighted by Crippen LogP contribution is -2.45. The molecule has 1 aromatic carbocycles. The molecule has 1 heterocycles. The quantitative estimate of drug-likeness (QED) is 0.585. The van der Waals surface area contributed by atoms with Crippen molar-refractivity contribution in [3.8, 4) is 5.75 Å². The normalized spacial score (nSPS) is 26.4. The molecule has 1 aromatic rings. The summed E-state index contributed by atoms with van der Waals surface area (Å²) in [5.74, 6) is 0.653. The lowest BCUT2D eigenvalue weighted by atomic mass is 9.91. The molecule has 0 radical (unpaired) electrons. The predicted molar refractivity (Wildman–Crippen MR) is 65.1 cm³/mol. The molecule has 2 unspecified atom stereocenters. The van der Waals surface area contributed by atoms with Gasteiger partial charge in [0.15, 0.2) is 5.69 Å². The maximum absolute atomic E-state index is 10.2. The minimum Gasteiger partial charge on any atom is -0.486 e. The maximum Gasteiger partial charge on any atom is 0.187 e.